The second-order valence-corrected chi connectivity index (χ2v) is 7.12. The molecule has 0 unspecified atom stereocenters. The highest BCUT2D eigenvalue weighted by Crippen LogP contribution is 2.20. The van der Waals surface area contributed by atoms with E-state index < -0.39 is 0 Å². The normalized spacial score (nSPS) is 14.3. The van der Waals surface area contributed by atoms with Crippen LogP contribution in [0.1, 0.15) is 27.1 Å². The molecule has 146 valence electrons. The second kappa shape index (κ2) is 8.69. The highest BCUT2D eigenvalue weighted by Gasteiger charge is 2.23. The van der Waals surface area contributed by atoms with Crippen LogP contribution in [0.3, 0.4) is 0 Å². The van der Waals surface area contributed by atoms with E-state index >= 15 is 0 Å². The molecule has 0 spiro atoms. The predicted octanol–water partition coefficient (Wildman–Crippen LogP) is 3.74. The van der Waals surface area contributed by atoms with E-state index in [1.165, 1.54) is 0 Å². The monoisotopic (exact) mass is 385 g/mol. The Kier molecular flexibility index (Phi) is 5.66. The van der Waals surface area contributed by atoms with Gasteiger partial charge in [0, 0.05) is 44.1 Å². The summed E-state index contributed by atoms with van der Waals surface area (Å²) in [6.45, 7) is 2.35. The van der Waals surface area contributed by atoms with E-state index in [1.54, 1.807) is 24.5 Å². The first-order chi connectivity index (χ1) is 14.2. The first-order valence-corrected chi connectivity index (χ1v) is 9.86. The molecule has 5 heteroatoms. The SMILES string of the molecule is O=C(c1ccc(-c2ccccc2)cc1)N1CCCN(C(=O)c2cccnc2)CC1. The van der Waals surface area contributed by atoms with Gasteiger partial charge in [0.25, 0.3) is 11.8 Å². The van der Waals surface area contributed by atoms with Gasteiger partial charge in [0.15, 0.2) is 0 Å². The number of pyridine rings is 1. The van der Waals surface area contributed by atoms with Crippen molar-refractivity contribution in [1.29, 1.82) is 0 Å². The summed E-state index contributed by atoms with van der Waals surface area (Å²) in [5, 5.41) is 0. The summed E-state index contributed by atoms with van der Waals surface area (Å²) in [6.07, 6.45) is 4.01. The number of benzene rings is 2. The fourth-order valence-electron chi connectivity index (χ4n) is 3.61. The summed E-state index contributed by atoms with van der Waals surface area (Å²) < 4.78 is 0. The zero-order valence-corrected chi connectivity index (χ0v) is 16.2. The number of aromatic nitrogens is 1. The lowest BCUT2D eigenvalue weighted by atomic mass is 10.0. The van der Waals surface area contributed by atoms with Crippen molar-refractivity contribution in [2.24, 2.45) is 0 Å². The van der Waals surface area contributed by atoms with Crippen molar-refractivity contribution in [3.63, 3.8) is 0 Å². The van der Waals surface area contributed by atoms with Gasteiger partial charge >= 0.3 is 0 Å². The average Bonchev–Trinajstić information content (AvgIpc) is 3.06. The molecule has 0 radical (unpaired) electrons. The molecular formula is C24H23N3O2. The standard InChI is InChI=1S/C24H23N3O2/c28-23(21-11-9-20(10-12-21)19-6-2-1-3-7-19)26-14-5-15-27(17-16-26)24(29)22-8-4-13-25-18-22/h1-4,6-13,18H,5,14-17H2. The smallest absolute Gasteiger partial charge is 0.255 e. The van der Waals surface area contributed by atoms with E-state index in [0.29, 0.717) is 37.3 Å². The van der Waals surface area contributed by atoms with E-state index in [1.807, 2.05) is 52.3 Å². The van der Waals surface area contributed by atoms with Gasteiger partial charge in [-0.05, 0) is 41.8 Å². The summed E-state index contributed by atoms with van der Waals surface area (Å²) >= 11 is 0. The van der Waals surface area contributed by atoms with E-state index in [9.17, 15) is 9.59 Å². The molecule has 1 saturated heterocycles. The van der Waals surface area contributed by atoms with E-state index in [4.69, 9.17) is 0 Å². The molecule has 29 heavy (non-hydrogen) atoms. The molecule has 4 rings (SSSR count). The van der Waals surface area contributed by atoms with Crippen LogP contribution in [-0.4, -0.2) is 52.8 Å². The van der Waals surface area contributed by atoms with Crippen LogP contribution in [0.5, 0.6) is 0 Å². The van der Waals surface area contributed by atoms with Gasteiger partial charge in [0.05, 0.1) is 5.56 Å². The zero-order chi connectivity index (χ0) is 20.1. The average molecular weight is 385 g/mol. The van der Waals surface area contributed by atoms with Gasteiger partial charge in [-0.2, -0.15) is 0 Å². The Bertz CT molecular complexity index is 972. The van der Waals surface area contributed by atoms with Crippen LogP contribution in [-0.2, 0) is 0 Å². The summed E-state index contributed by atoms with van der Waals surface area (Å²) in [7, 11) is 0. The van der Waals surface area contributed by atoms with Crippen LogP contribution in [0.4, 0.5) is 0 Å². The third-order valence-electron chi connectivity index (χ3n) is 5.22. The fourth-order valence-corrected chi connectivity index (χ4v) is 3.61. The lowest BCUT2D eigenvalue weighted by Gasteiger charge is -2.22. The van der Waals surface area contributed by atoms with Crippen molar-refractivity contribution in [2.45, 2.75) is 6.42 Å². The number of rotatable bonds is 3. The zero-order valence-electron chi connectivity index (χ0n) is 16.2. The van der Waals surface area contributed by atoms with E-state index in [2.05, 4.69) is 17.1 Å². The third-order valence-corrected chi connectivity index (χ3v) is 5.22. The topological polar surface area (TPSA) is 53.5 Å². The highest BCUT2D eigenvalue weighted by atomic mass is 16.2. The predicted molar refractivity (Wildman–Crippen MR) is 113 cm³/mol. The van der Waals surface area contributed by atoms with Crippen molar-refractivity contribution in [3.05, 3.63) is 90.3 Å². The molecular weight excluding hydrogens is 362 g/mol. The molecule has 1 aliphatic rings. The Morgan fingerprint density at radius 1 is 0.655 bits per heavy atom. The Hall–Kier alpha value is -3.47. The van der Waals surface area contributed by atoms with Gasteiger partial charge in [0.2, 0.25) is 0 Å². The number of hydrogen-bond acceptors (Lipinski definition) is 3. The van der Waals surface area contributed by atoms with Crippen LogP contribution in [0.2, 0.25) is 0 Å². The van der Waals surface area contributed by atoms with Crippen LogP contribution in [0, 0.1) is 0 Å². The first kappa shape index (κ1) is 18.9. The third kappa shape index (κ3) is 4.35. The summed E-state index contributed by atoms with van der Waals surface area (Å²) in [6, 6.07) is 21.4. The van der Waals surface area contributed by atoms with Crippen LogP contribution in [0.15, 0.2) is 79.1 Å². The largest absolute Gasteiger partial charge is 0.337 e. The molecule has 0 saturated carbocycles. The van der Waals surface area contributed by atoms with E-state index in [-0.39, 0.29) is 11.8 Å². The maximum atomic E-state index is 13.0. The number of hydrogen-bond donors (Lipinski definition) is 0. The van der Waals surface area contributed by atoms with Crippen LogP contribution >= 0.6 is 0 Å². The second-order valence-electron chi connectivity index (χ2n) is 7.12. The van der Waals surface area contributed by atoms with Crippen molar-refractivity contribution < 1.29 is 9.59 Å². The molecule has 2 heterocycles. The minimum Gasteiger partial charge on any atom is -0.337 e. The maximum Gasteiger partial charge on any atom is 0.255 e. The highest BCUT2D eigenvalue weighted by molar-refractivity contribution is 5.95. The molecule has 0 aliphatic carbocycles. The fraction of sp³-hybridized carbons (Fsp3) is 0.208. The Balaban J connectivity index is 1.41. The molecule has 0 atom stereocenters. The maximum absolute atomic E-state index is 13.0. The van der Waals surface area contributed by atoms with Gasteiger partial charge in [-0.15, -0.1) is 0 Å². The molecule has 1 aliphatic heterocycles. The minimum atomic E-state index is -0.0281. The summed E-state index contributed by atoms with van der Waals surface area (Å²) in [4.78, 5) is 33.3. The molecule has 3 aromatic rings. The van der Waals surface area contributed by atoms with Crippen molar-refractivity contribution >= 4 is 11.8 Å². The molecule has 2 amide bonds. The number of amides is 2. The molecule has 1 fully saturated rings. The Labute approximate surface area is 170 Å². The number of carbonyl (C=O) groups is 2. The molecule has 0 bridgehead atoms. The van der Waals surface area contributed by atoms with E-state index in [0.717, 1.165) is 17.5 Å². The van der Waals surface area contributed by atoms with Gasteiger partial charge in [-0.3, -0.25) is 14.6 Å². The molecule has 2 aromatic carbocycles. The van der Waals surface area contributed by atoms with Gasteiger partial charge in [0.1, 0.15) is 0 Å². The van der Waals surface area contributed by atoms with Crippen molar-refractivity contribution in [2.75, 3.05) is 26.2 Å². The van der Waals surface area contributed by atoms with Gasteiger partial charge in [-0.1, -0.05) is 42.5 Å². The van der Waals surface area contributed by atoms with Crippen LogP contribution < -0.4 is 0 Å². The molecule has 5 nitrogen and oxygen atoms in total. The summed E-state index contributed by atoms with van der Waals surface area (Å²) in [5.41, 5.74) is 3.48. The Morgan fingerprint density at radius 3 is 1.90 bits per heavy atom. The van der Waals surface area contributed by atoms with Crippen molar-refractivity contribution in [1.82, 2.24) is 14.8 Å². The lowest BCUT2D eigenvalue weighted by molar-refractivity contribution is 0.0718. The van der Waals surface area contributed by atoms with Crippen molar-refractivity contribution in [3.8, 4) is 11.1 Å². The number of nitrogens with zero attached hydrogens (tertiary/aromatic N) is 3. The van der Waals surface area contributed by atoms with Gasteiger partial charge in [-0.25, -0.2) is 0 Å². The first-order valence-electron chi connectivity index (χ1n) is 9.86. The summed E-state index contributed by atoms with van der Waals surface area (Å²) in [5.74, 6) is -0.0140. The quantitative estimate of drug-likeness (QED) is 0.690. The Morgan fingerprint density at radius 2 is 1.28 bits per heavy atom. The molecule has 1 aromatic heterocycles. The van der Waals surface area contributed by atoms with Crippen LogP contribution in [0.25, 0.3) is 11.1 Å². The lowest BCUT2D eigenvalue weighted by Crippen LogP contribution is -2.37. The van der Waals surface area contributed by atoms with Gasteiger partial charge < -0.3 is 9.80 Å². The number of carbonyl (C=O) groups excluding carboxylic acids is 2. The minimum absolute atomic E-state index is 0.0142. The molecule has 0 N–H and O–H groups in total.